The predicted octanol–water partition coefficient (Wildman–Crippen LogP) is 3.28. The highest BCUT2D eigenvalue weighted by atomic mass is 35.5. The molecule has 0 radical (unpaired) electrons. The van der Waals surface area contributed by atoms with Gasteiger partial charge in [-0.05, 0) is 36.8 Å². The Morgan fingerprint density at radius 3 is 2.30 bits per heavy atom. The lowest BCUT2D eigenvalue weighted by Gasteiger charge is -2.32. The van der Waals surface area contributed by atoms with Gasteiger partial charge in [-0.15, -0.1) is 12.4 Å². The zero-order valence-electron chi connectivity index (χ0n) is 16.4. The summed E-state index contributed by atoms with van der Waals surface area (Å²) in [6, 6.07) is 8.46. The molecule has 1 aromatic rings. The van der Waals surface area contributed by atoms with Crippen LogP contribution in [0.3, 0.4) is 0 Å². The van der Waals surface area contributed by atoms with Gasteiger partial charge in [-0.25, -0.2) is 0 Å². The van der Waals surface area contributed by atoms with Crippen LogP contribution in [0.25, 0.3) is 0 Å². The van der Waals surface area contributed by atoms with Crippen LogP contribution in [0.2, 0.25) is 0 Å². The number of benzene rings is 1. The van der Waals surface area contributed by atoms with Crippen molar-refractivity contribution in [2.75, 3.05) is 6.54 Å². The minimum absolute atomic E-state index is 0. The Morgan fingerprint density at radius 2 is 1.74 bits per heavy atom. The molecule has 0 bridgehead atoms. The van der Waals surface area contributed by atoms with Gasteiger partial charge in [0, 0.05) is 18.2 Å². The van der Waals surface area contributed by atoms with Gasteiger partial charge in [0.15, 0.2) is 0 Å². The van der Waals surface area contributed by atoms with Crippen LogP contribution in [0.15, 0.2) is 30.3 Å². The third-order valence-electron chi connectivity index (χ3n) is 5.62. The van der Waals surface area contributed by atoms with E-state index in [0.717, 1.165) is 19.3 Å². The first-order chi connectivity index (χ1) is 12.6. The standard InChI is InChI=1S/C21H33N3O2.ClH/c1-3-15(2)19(24-20(25)17-12-8-5-9-13-17)21(26)23-18(14-22)16-10-6-4-7-11-16;/h5,8-9,12-13,15-16,18-19H,3-4,6-7,10-11,14,22H2,1-2H3,(H,23,26)(H,24,25);1H. The van der Waals surface area contributed by atoms with Crippen LogP contribution in [0.4, 0.5) is 0 Å². The molecule has 0 heterocycles. The van der Waals surface area contributed by atoms with Crippen molar-refractivity contribution >= 4 is 24.2 Å². The van der Waals surface area contributed by atoms with Crippen LogP contribution in [-0.4, -0.2) is 30.4 Å². The average molecular weight is 396 g/mol. The Kier molecular flexibility index (Phi) is 10.4. The molecular formula is C21H34ClN3O2. The average Bonchev–Trinajstić information content (AvgIpc) is 2.70. The first-order valence-electron chi connectivity index (χ1n) is 9.93. The second-order valence-electron chi connectivity index (χ2n) is 7.45. The van der Waals surface area contributed by atoms with E-state index in [9.17, 15) is 9.59 Å². The monoisotopic (exact) mass is 395 g/mol. The molecule has 0 spiro atoms. The highest BCUT2D eigenvalue weighted by Gasteiger charge is 2.30. The van der Waals surface area contributed by atoms with E-state index >= 15 is 0 Å². The molecule has 152 valence electrons. The second-order valence-corrected chi connectivity index (χ2v) is 7.45. The van der Waals surface area contributed by atoms with Crippen molar-refractivity contribution < 1.29 is 9.59 Å². The summed E-state index contributed by atoms with van der Waals surface area (Å²) < 4.78 is 0. The molecule has 0 aromatic heterocycles. The van der Waals surface area contributed by atoms with Gasteiger partial charge in [-0.1, -0.05) is 57.7 Å². The van der Waals surface area contributed by atoms with Crippen LogP contribution in [-0.2, 0) is 4.79 Å². The van der Waals surface area contributed by atoms with E-state index in [-0.39, 0.29) is 36.2 Å². The van der Waals surface area contributed by atoms with Gasteiger partial charge in [-0.2, -0.15) is 0 Å². The molecule has 1 saturated carbocycles. The summed E-state index contributed by atoms with van der Waals surface area (Å²) in [5.74, 6) is 0.158. The molecular weight excluding hydrogens is 362 g/mol. The third-order valence-corrected chi connectivity index (χ3v) is 5.62. The van der Waals surface area contributed by atoms with Crippen LogP contribution >= 0.6 is 12.4 Å². The lowest BCUT2D eigenvalue weighted by atomic mass is 9.83. The number of rotatable bonds is 8. The van der Waals surface area contributed by atoms with Crippen molar-refractivity contribution in [2.24, 2.45) is 17.6 Å². The Bertz CT molecular complexity index is 576. The zero-order valence-corrected chi connectivity index (χ0v) is 17.3. The molecule has 2 rings (SSSR count). The number of hydrogen-bond donors (Lipinski definition) is 3. The third kappa shape index (κ3) is 6.82. The molecule has 2 amide bonds. The van der Waals surface area contributed by atoms with Crippen molar-refractivity contribution in [3.63, 3.8) is 0 Å². The molecule has 5 nitrogen and oxygen atoms in total. The van der Waals surface area contributed by atoms with Crippen LogP contribution in [0, 0.1) is 11.8 Å². The largest absolute Gasteiger partial charge is 0.350 e. The quantitative estimate of drug-likeness (QED) is 0.631. The maximum atomic E-state index is 12.9. The first-order valence-corrected chi connectivity index (χ1v) is 9.93. The summed E-state index contributed by atoms with van der Waals surface area (Å²) in [5, 5.41) is 6.05. The molecule has 1 aromatic carbocycles. The number of carbonyl (C=O) groups is 2. The lowest BCUT2D eigenvalue weighted by molar-refractivity contribution is -0.125. The molecule has 27 heavy (non-hydrogen) atoms. The summed E-state index contributed by atoms with van der Waals surface area (Å²) in [4.78, 5) is 25.5. The highest BCUT2D eigenvalue weighted by molar-refractivity contribution is 5.97. The number of hydrogen-bond acceptors (Lipinski definition) is 3. The van der Waals surface area contributed by atoms with Gasteiger partial charge in [0.05, 0.1) is 0 Å². The fourth-order valence-corrected chi connectivity index (χ4v) is 3.69. The lowest BCUT2D eigenvalue weighted by Crippen LogP contribution is -2.55. The molecule has 0 aliphatic heterocycles. The molecule has 3 atom stereocenters. The Balaban J connectivity index is 0.00000364. The van der Waals surface area contributed by atoms with Crippen molar-refractivity contribution in [3.05, 3.63) is 35.9 Å². The van der Waals surface area contributed by atoms with E-state index < -0.39 is 6.04 Å². The van der Waals surface area contributed by atoms with Crippen LogP contribution < -0.4 is 16.4 Å². The Hall–Kier alpha value is -1.59. The number of nitrogens with one attached hydrogen (secondary N) is 2. The Morgan fingerprint density at radius 1 is 1.11 bits per heavy atom. The molecule has 4 N–H and O–H groups in total. The molecule has 0 saturated heterocycles. The number of amides is 2. The molecule has 1 aliphatic carbocycles. The smallest absolute Gasteiger partial charge is 0.251 e. The summed E-state index contributed by atoms with van der Waals surface area (Å²) in [7, 11) is 0. The summed E-state index contributed by atoms with van der Waals surface area (Å²) in [6.45, 7) is 4.46. The topological polar surface area (TPSA) is 84.2 Å². The maximum Gasteiger partial charge on any atom is 0.251 e. The summed E-state index contributed by atoms with van der Waals surface area (Å²) >= 11 is 0. The van der Waals surface area contributed by atoms with Gasteiger partial charge < -0.3 is 16.4 Å². The van der Waals surface area contributed by atoms with Crippen molar-refractivity contribution in [1.29, 1.82) is 0 Å². The number of nitrogens with two attached hydrogens (primary N) is 1. The van der Waals surface area contributed by atoms with E-state index in [2.05, 4.69) is 10.6 Å². The minimum atomic E-state index is -0.551. The van der Waals surface area contributed by atoms with E-state index in [1.807, 2.05) is 32.0 Å². The van der Waals surface area contributed by atoms with E-state index in [1.165, 1.54) is 19.3 Å². The molecule has 6 heteroatoms. The molecule has 1 fully saturated rings. The van der Waals surface area contributed by atoms with Crippen molar-refractivity contribution in [2.45, 2.75) is 64.5 Å². The number of carbonyl (C=O) groups excluding carboxylic acids is 2. The van der Waals surface area contributed by atoms with Crippen molar-refractivity contribution in [1.82, 2.24) is 10.6 Å². The zero-order chi connectivity index (χ0) is 18.9. The minimum Gasteiger partial charge on any atom is -0.350 e. The summed E-state index contributed by atoms with van der Waals surface area (Å²) in [5.41, 5.74) is 6.52. The Labute approximate surface area is 169 Å². The normalized spacial score (nSPS) is 17.9. The molecule has 1 aliphatic rings. The maximum absolute atomic E-state index is 12.9. The fourth-order valence-electron chi connectivity index (χ4n) is 3.69. The van der Waals surface area contributed by atoms with Crippen molar-refractivity contribution in [3.8, 4) is 0 Å². The summed E-state index contributed by atoms with van der Waals surface area (Å²) in [6.07, 6.45) is 6.72. The highest BCUT2D eigenvalue weighted by Crippen LogP contribution is 2.26. The van der Waals surface area contributed by atoms with E-state index in [0.29, 0.717) is 18.0 Å². The van der Waals surface area contributed by atoms with Gasteiger partial charge in [0.1, 0.15) is 6.04 Å². The van der Waals surface area contributed by atoms with Gasteiger partial charge in [0.25, 0.3) is 5.91 Å². The van der Waals surface area contributed by atoms with Crippen LogP contribution in [0.5, 0.6) is 0 Å². The predicted molar refractivity (Wildman–Crippen MR) is 112 cm³/mol. The van der Waals surface area contributed by atoms with Gasteiger partial charge >= 0.3 is 0 Å². The molecule has 3 unspecified atom stereocenters. The van der Waals surface area contributed by atoms with Gasteiger partial charge in [-0.3, -0.25) is 9.59 Å². The second kappa shape index (κ2) is 12.0. The number of halogens is 1. The van der Waals surface area contributed by atoms with E-state index in [1.54, 1.807) is 12.1 Å². The van der Waals surface area contributed by atoms with Crippen LogP contribution in [0.1, 0.15) is 62.7 Å². The van der Waals surface area contributed by atoms with Gasteiger partial charge in [0.2, 0.25) is 5.91 Å². The first kappa shape index (κ1) is 23.4. The SMILES string of the molecule is CCC(C)C(NC(=O)c1ccccc1)C(=O)NC(CN)C1CCCCC1.Cl. The van der Waals surface area contributed by atoms with E-state index in [4.69, 9.17) is 5.73 Å². The fraction of sp³-hybridized carbons (Fsp3) is 0.619.